The van der Waals surface area contributed by atoms with E-state index in [1.165, 1.54) is 19.2 Å². The third-order valence-electron chi connectivity index (χ3n) is 6.76. The molecule has 2 aromatic rings. The number of carbonyl (C=O) groups excluding carboxylic acids is 3. The van der Waals surface area contributed by atoms with E-state index in [1.807, 2.05) is 65.7 Å². The van der Waals surface area contributed by atoms with Crippen molar-refractivity contribution in [1.82, 2.24) is 14.9 Å². The van der Waals surface area contributed by atoms with Crippen molar-refractivity contribution >= 4 is 17.8 Å². The summed E-state index contributed by atoms with van der Waals surface area (Å²) >= 11 is 0. The van der Waals surface area contributed by atoms with E-state index in [9.17, 15) is 14.4 Å². The minimum atomic E-state index is -0.767. The smallest absolute Gasteiger partial charge is 0.356 e. The molecule has 2 fully saturated rings. The second-order valence-electron chi connectivity index (χ2n) is 8.54. The maximum atomic E-state index is 14.1. The van der Waals surface area contributed by atoms with Crippen LogP contribution in [0.15, 0.2) is 71.9 Å². The van der Waals surface area contributed by atoms with E-state index in [4.69, 9.17) is 14.2 Å². The summed E-state index contributed by atoms with van der Waals surface area (Å²) in [4.78, 5) is 42.4. The highest BCUT2D eigenvalue weighted by atomic mass is 16.5. The third-order valence-corrected chi connectivity index (χ3v) is 6.76. The fraction of sp³-hybridized carbons (Fsp3) is 0.346. The van der Waals surface area contributed by atoms with Crippen LogP contribution in [-0.2, 0) is 28.6 Å². The minimum absolute atomic E-state index is 0.0836. The Hall–Kier alpha value is -3.53. The lowest BCUT2D eigenvalue weighted by Gasteiger charge is -2.37. The molecule has 3 aliphatic rings. The number of benzene rings is 2. The molecule has 3 heterocycles. The number of hydrazine groups is 1. The number of hydrogen-bond acceptors (Lipinski definition) is 8. The van der Waals surface area contributed by atoms with Crippen LogP contribution in [0.2, 0.25) is 0 Å². The second kappa shape index (κ2) is 9.61. The van der Waals surface area contributed by atoms with Gasteiger partial charge in [-0.2, -0.15) is 5.01 Å². The van der Waals surface area contributed by atoms with Crippen LogP contribution in [0.25, 0.3) is 0 Å². The molecule has 0 saturated carbocycles. The summed E-state index contributed by atoms with van der Waals surface area (Å²) in [6.07, 6.45) is 0. The summed E-state index contributed by atoms with van der Waals surface area (Å²) < 4.78 is 15.7. The number of carbonyl (C=O) groups is 3. The molecule has 0 unspecified atom stereocenters. The van der Waals surface area contributed by atoms with E-state index in [0.717, 1.165) is 11.1 Å². The number of nitrogens with zero attached hydrogens (tertiary/aromatic N) is 3. The highest BCUT2D eigenvalue weighted by Crippen LogP contribution is 2.52. The molecular weight excluding hydrogens is 450 g/mol. The zero-order valence-electron chi connectivity index (χ0n) is 19.6. The molecule has 3 atom stereocenters. The van der Waals surface area contributed by atoms with Crippen LogP contribution in [0.1, 0.15) is 23.2 Å². The van der Waals surface area contributed by atoms with E-state index >= 15 is 0 Å². The van der Waals surface area contributed by atoms with Gasteiger partial charge >= 0.3 is 11.9 Å². The van der Waals surface area contributed by atoms with E-state index in [-0.39, 0.29) is 17.2 Å². The van der Waals surface area contributed by atoms with E-state index in [0.29, 0.717) is 26.3 Å². The first-order valence-electron chi connectivity index (χ1n) is 11.5. The zero-order chi connectivity index (χ0) is 24.5. The van der Waals surface area contributed by atoms with Gasteiger partial charge in [-0.1, -0.05) is 60.7 Å². The van der Waals surface area contributed by atoms with Crippen LogP contribution in [0.5, 0.6) is 0 Å². The van der Waals surface area contributed by atoms with E-state index in [1.54, 1.807) is 0 Å². The van der Waals surface area contributed by atoms with Gasteiger partial charge in [-0.15, -0.1) is 0 Å². The normalized spacial score (nSPS) is 25.0. The average molecular weight is 478 g/mol. The summed E-state index contributed by atoms with van der Waals surface area (Å²) in [6, 6.07) is 17.3. The average Bonchev–Trinajstić information content (AvgIpc) is 3.41. The van der Waals surface area contributed by atoms with Gasteiger partial charge in [0.15, 0.2) is 5.70 Å². The van der Waals surface area contributed by atoms with Crippen LogP contribution in [0.3, 0.4) is 0 Å². The van der Waals surface area contributed by atoms with Crippen molar-refractivity contribution < 1.29 is 28.6 Å². The molecule has 9 nitrogen and oxygen atoms in total. The van der Waals surface area contributed by atoms with Crippen LogP contribution in [0.4, 0.5) is 0 Å². The number of hydrogen-bond donors (Lipinski definition) is 0. The number of ether oxygens (including phenoxy) is 3. The molecule has 9 heteroatoms. The second-order valence-corrected chi connectivity index (χ2v) is 8.54. The predicted octanol–water partition coefficient (Wildman–Crippen LogP) is 1.84. The minimum Gasteiger partial charge on any atom is -0.466 e. The molecule has 3 aliphatic heterocycles. The Morgan fingerprint density at radius 2 is 1.40 bits per heavy atom. The first-order chi connectivity index (χ1) is 17.1. The number of esters is 2. The molecular formula is C26H27N3O6. The highest BCUT2D eigenvalue weighted by Gasteiger charge is 2.61. The Bertz CT molecular complexity index is 1150. The SMILES string of the molecule is COC(=O)C1=C(C(=O)OC)N2C(=O)[C@@H](N3CCOCC3)[C@H](c3ccccc3)N2[C@@H]1c1ccccc1. The summed E-state index contributed by atoms with van der Waals surface area (Å²) in [5, 5.41) is 3.18. The van der Waals surface area contributed by atoms with Gasteiger partial charge in [-0.25, -0.2) is 14.6 Å². The lowest BCUT2D eigenvalue weighted by Crippen LogP contribution is -2.49. The van der Waals surface area contributed by atoms with Gasteiger partial charge in [0.1, 0.15) is 6.04 Å². The van der Waals surface area contributed by atoms with Crippen molar-refractivity contribution in [3.63, 3.8) is 0 Å². The fourth-order valence-electron chi connectivity index (χ4n) is 5.28. The molecule has 0 bridgehead atoms. The van der Waals surface area contributed by atoms with E-state index in [2.05, 4.69) is 4.90 Å². The lowest BCUT2D eigenvalue weighted by atomic mass is 9.92. The van der Waals surface area contributed by atoms with Crippen LogP contribution in [-0.4, -0.2) is 79.3 Å². The van der Waals surface area contributed by atoms with Crippen molar-refractivity contribution in [2.24, 2.45) is 0 Å². The van der Waals surface area contributed by atoms with Crippen LogP contribution in [0, 0.1) is 0 Å². The van der Waals surface area contributed by atoms with Crippen molar-refractivity contribution in [3.05, 3.63) is 83.1 Å². The maximum Gasteiger partial charge on any atom is 0.356 e. The number of morpholine rings is 1. The quantitative estimate of drug-likeness (QED) is 0.603. The number of amides is 1. The van der Waals surface area contributed by atoms with Gasteiger partial charge in [0.25, 0.3) is 5.91 Å². The molecule has 0 spiro atoms. The van der Waals surface area contributed by atoms with Gasteiger partial charge in [0.05, 0.1) is 45.1 Å². The molecule has 2 saturated heterocycles. The Morgan fingerprint density at radius 1 is 0.829 bits per heavy atom. The van der Waals surface area contributed by atoms with Gasteiger partial charge in [-0.3, -0.25) is 9.69 Å². The summed E-state index contributed by atoms with van der Waals surface area (Å²) in [5.41, 5.74) is 1.64. The largest absolute Gasteiger partial charge is 0.466 e. The van der Waals surface area contributed by atoms with E-state index < -0.39 is 30.1 Å². The number of fused-ring (bicyclic) bond motifs is 1. The summed E-state index contributed by atoms with van der Waals surface area (Å²) in [7, 11) is 2.50. The topological polar surface area (TPSA) is 88.6 Å². The van der Waals surface area contributed by atoms with Crippen LogP contribution < -0.4 is 0 Å². The fourth-order valence-corrected chi connectivity index (χ4v) is 5.28. The van der Waals surface area contributed by atoms with Crippen molar-refractivity contribution in [2.45, 2.75) is 18.1 Å². The van der Waals surface area contributed by atoms with Gasteiger partial charge in [-0.05, 0) is 11.1 Å². The Labute approximate surface area is 203 Å². The maximum absolute atomic E-state index is 14.1. The molecule has 182 valence electrons. The number of rotatable bonds is 5. The number of methoxy groups -OCH3 is 2. The Balaban J connectivity index is 1.75. The summed E-state index contributed by atoms with van der Waals surface area (Å²) in [6.45, 7) is 2.19. The van der Waals surface area contributed by atoms with Crippen molar-refractivity contribution in [3.8, 4) is 0 Å². The molecule has 35 heavy (non-hydrogen) atoms. The third kappa shape index (κ3) is 3.81. The first-order valence-corrected chi connectivity index (χ1v) is 11.5. The summed E-state index contributed by atoms with van der Waals surface area (Å²) in [5.74, 6) is -1.74. The standard InChI is InChI=1S/C26H27N3O6/c1-33-25(31)19-20(17-9-5-3-6-10-17)28-21(18-11-7-4-8-12-18)23(27-13-15-35-16-14-27)24(30)29(28)22(19)26(32)34-2/h3-12,20-21,23H,13-16H2,1-2H3/t20-,21+,23+/m1/s1. The van der Waals surface area contributed by atoms with Crippen LogP contribution >= 0.6 is 0 Å². The predicted molar refractivity (Wildman–Crippen MR) is 124 cm³/mol. The van der Waals surface area contributed by atoms with Crippen molar-refractivity contribution in [2.75, 3.05) is 40.5 Å². The monoisotopic (exact) mass is 477 g/mol. The molecule has 0 radical (unpaired) electrons. The first kappa shape index (κ1) is 23.2. The van der Waals surface area contributed by atoms with Gasteiger partial charge in [0.2, 0.25) is 0 Å². The molecule has 1 amide bonds. The molecule has 2 aromatic carbocycles. The zero-order valence-corrected chi connectivity index (χ0v) is 19.6. The highest BCUT2D eigenvalue weighted by molar-refractivity contribution is 6.06. The Morgan fingerprint density at radius 3 is 1.97 bits per heavy atom. The molecule has 5 rings (SSSR count). The molecule has 0 N–H and O–H groups in total. The van der Waals surface area contributed by atoms with Gasteiger partial charge < -0.3 is 14.2 Å². The van der Waals surface area contributed by atoms with Crippen molar-refractivity contribution in [1.29, 1.82) is 0 Å². The Kier molecular flexibility index (Phi) is 6.38. The molecule has 0 aliphatic carbocycles. The lowest BCUT2D eigenvalue weighted by molar-refractivity contribution is -0.147. The molecule has 0 aromatic heterocycles. The van der Waals surface area contributed by atoms with Gasteiger partial charge in [0, 0.05) is 13.1 Å².